The van der Waals surface area contributed by atoms with Crippen LogP contribution in [0.2, 0.25) is 0 Å². The van der Waals surface area contributed by atoms with Gasteiger partial charge in [-0.3, -0.25) is 4.79 Å². The van der Waals surface area contributed by atoms with Gasteiger partial charge in [0, 0.05) is 25.5 Å². The number of furan rings is 1. The van der Waals surface area contributed by atoms with Gasteiger partial charge in [0.15, 0.2) is 11.5 Å². The second kappa shape index (κ2) is 7.25. The summed E-state index contributed by atoms with van der Waals surface area (Å²) >= 11 is 0. The molecule has 7 heteroatoms. The van der Waals surface area contributed by atoms with E-state index in [9.17, 15) is 4.79 Å². The van der Waals surface area contributed by atoms with Crippen molar-refractivity contribution >= 4 is 11.7 Å². The number of hydrogen-bond acceptors (Lipinski definition) is 6. The summed E-state index contributed by atoms with van der Waals surface area (Å²) in [6.07, 6.45) is 5.16. The third-order valence-corrected chi connectivity index (χ3v) is 2.52. The molecule has 106 valence electrons. The number of anilines is 1. The Morgan fingerprint density at radius 1 is 1.40 bits per heavy atom. The molecule has 0 aliphatic heterocycles. The van der Waals surface area contributed by atoms with Crippen molar-refractivity contribution in [2.75, 3.05) is 18.9 Å². The zero-order valence-electron chi connectivity index (χ0n) is 10.9. The molecular weight excluding hydrogens is 260 g/mol. The number of rotatable bonds is 7. The SMILES string of the molecule is Nc1nccnc1C(=O)NCCCOCc1ccco1. The van der Waals surface area contributed by atoms with Crippen molar-refractivity contribution in [3.05, 3.63) is 42.2 Å². The van der Waals surface area contributed by atoms with Crippen LogP contribution in [-0.2, 0) is 11.3 Å². The maximum Gasteiger partial charge on any atom is 0.273 e. The summed E-state index contributed by atoms with van der Waals surface area (Å²) in [7, 11) is 0. The second-order valence-corrected chi connectivity index (χ2v) is 4.03. The van der Waals surface area contributed by atoms with Crippen molar-refractivity contribution in [3.63, 3.8) is 0 Å². The van der Waals surface area contributed by atoms with Crippen LogP contribution >= 0.6 is 0 Å². The van der Waals surface area contributed by atoms with E-state index >= 15 is 0 Å². The molecule has 2 aromatic rings. The van der Waals surface area contributed by atoms with Gasteiger partial charge in [-0.2, -0.15) is 0 Å². The lowest BCUT2D eigenvalue weighted by atomic mass is 10.3. The van der Waals surface area contributed by atoms with Crippen molar-refractivity contribution in [1.29, 1.82) is 0 Å². The molecule has 0 bridgehead atoms. The minimum absolute atomic E-state index is 0.124. The van der Waals surface area contributed by atoms with E-state index < -0.39 is 0 Å². The summed E-state index contributed by atoms with van der Waals surface area (Å²) in [6.45, 7) is 1.43. The summed E-state index contributed by atoms with van der Waals surface area (Å²) in [5, 5.41) is 2.71. The van der Waals surface area contributed by atoms with E-state index in [4.69, 9.17) is 14.9 Å². The molecule has 0 aromatic carbocycles. The van der Waals surface area contributed by atoms with Gasteiger partial charge in [0.2, 0.25) is 0 Å². The van der Waals surface area contributed by atoms with Crippen LogP contribution in [0.15, 0.2) is 35.2 Å². The maximum absolute atomic E-state index is 11.7. The summed E-state index contributed by atoms with van der Waals surface area (Å²) in [6, 6.07) is 3.66. The largest absolute Gasteiger partial charge is 0.467 e. The van der Waals surface area contributed by atoms with Crippen LogP contribution in [0, 0.1) is 0 Å². The summed E-state index contributed by atoms with van der Waals surface area (Å²) < 4.78 is 10.5. The highest BCUT2D eigenvalue weighted by molar-refractivity contribution is 5.96. The molecule has 1 amide bonds. The standard InChI is InChI=1S/C13H16N4O3/c14-12-11(15-5-6-16-12)13(18)17-4-2-7-19-9-10-3-1-8-20-10/h1,3,5-6,8H,2,4,7,9H2,(H2,14,16)(H,17,18). The Morgan fingerprint density at radius 3 is 3.00 bits per heavy atom. The van der Waals surface area contributed by atoms with Gasteiger partial charge in [-0.1, -0.05) is 0 Å². The Morgan fingerprint density at radius 2 is 2.25 bits per heavy atom. The molecule has 2 rings (SSSR count). The third kappa shape index (κ3) is 4.06. The first-order valence-corrected chi connectivity index (χ1v) is 6.22. The van der Waals surface area contributed by atoms with Crippen molar-refractivity contribution in [1.82, 2.24) is 15.3 Å². The van der Waals surface area contributed by atoms with Gasteiger partial charge in [-0.15, -0.1) is 0 Å². The van der Waals surface area contributed by atoms with Gasteiger partial charge in [0.25, 0.3) is 5.91 Å². The molecule has 0 aliphatic carbocycles. The van der Waals surface area contributed by atoms with Crippen LogP contribution in [0.1, 0.15) is 22.7 Å². The highest BCUT2D eigenvalue weighted by Crippen LogP contribution is 2.03. The Balaban J connectivity index is 1.61. The van der Waals surface area contributed by atoms with E-state index in [1.54, 1.807) is 6.26 Å². The number of carbonyl (C=O) groups excluding carboxylic acids is 1. The first-order chi connectivity index (χ1) is 9.77. The Labute approximate surface area is 116 Å². The molecule has 3 N–H and O–H groups in total. The fourth-order valence-electron chi connectivity index (χ4n) is 1.55. The molecule has 0 unspecified atom stereocenters. The molecule has 20 heavy (non-hydrogen) atoms. The van der Waals surface area contributed by atoms with Gasteiger partial charge in [0.05, 0.1) is 6.26 Å². The van der Waals surface area contributed by atoms with Crippen LogP contribution in [0.3, 0.4) is 0 Å². The van der Waals surface area contributed by atoms with Gasteiger partial charge in [0.1, 0.15) is 12.4 Å². The molecule has 0 saturated heterocycles. The number of nitrogens with zero attached hydrogens (tertiary/aromatic N) is 2. The summed E-state index contributed by atoms with van der Waals surface area (Å²) in [5.74, 6) is 0.571. The topological polar surface area (TPSA) is 103 Å². The van der Waals surface area contributed by atoms with Crippen LogP contribution in [0.5, 0.6) is 0 Å². The van der Waals surface area contributed by atoms with Crippen LogP contribution in [-0.4, -0.2) is 29.0 Å². The number of ether oxygens (including phenoxy) is 1. The van der Waals surface area contributed by atoms with Gasteiger partial charge in [-0.25, -0.2) is 9.97 Å². The minimum Gasteiger partial charge on any atom is -0.467 e. The minimum atomic E-state index is -0.332. The predicted molar refractivity (Wildman–Crippen MR) is 71.8 cm³/mol. The number of carbonyl (C=O) groups is 1. The Kier molecular flexibility index (Phi) is 5.08. The zero-order valence-corrected chi connectivity index (χ0v) is 10.9. The van der Waals surface area contributed by atoms with E-state index in [0.29, 0.717) is 26.2 Å². The summed E-state index contributed by atoms with van der Waals surface area (Å²) in [5.41, 5.74) is 5.70. The Hall–Kier alpha value is -2.41. The van der Waals surface area contributed by atoms with E-state index in [1.807, 2.05) is 12.1 Å². The average Bonchev–Trinajstić information content (AvgIpc) is 2.96. The third-order valence-electron chi connectivity index (χ3n) is 2.52. The molecule has 0 radical (unpaired) electrons. The molecule has 2 aromatic heterocycles. The van der Waals surface area contributed by atoms with Crippen molar-refractivity contribution in [3.8, 4) is 0 Å². The van der Waals surface area contributed by atoms with E-state index in [1.165, 1.54) is 12.4 Å². The van der Waals surface area contributed by atoms with Crippen molar-refractivity contribution < 1.29 is 13.9 Å². The monoisotopic (exact) mass is 276 g/mol. The molecule has 2 heterocycles. The number of hydrogen-bond donors (Lipinski definition) is 2. The highest BCUT2D eigenvalue weighted by atomic mass is 16.5. The molecule has 0 fully saturated rings. The summed E-state index contributed by atoms with van der Waals surface area (Å²) in [4.78, 5) is 19.4. The fourth-order valence-corrected chi connectivity index (χ4v) is 1.55. The van der Waals surface area contributed by atoms with Crippen molar-refractivity contribution in [2.24, 2.45) is 0 Å². The highest BCUT2D eigenvalue weighted by Gasteiger charge is 2.10. The smallest absolute Gasteiger partial charge is 0.273 e. The number of nitrogen functional groups attached to an aromatic ring is 1. The van der Waals surface area contributed by atoms with Crippen LogP contribution < -0.4 is 11.1 Å². The first kappa shape index (κ1) is 14.0. The quantitative estimate of drug-likeness (QED) is 0.731. The number of aromatic nitrogens is 2. The van der Waals surface area contributed by atoms with Gasteiger partial charge < -0.3 is 20.2 Å². The molecule has 7 nitrogen and oxygen atoms in total. The lowest BCUT2D eigenvalue weighted by Gasteiger charge is -2.06. The second-order valence-electron chi connectivity index (χ2n) is 4.03. The number of amides is 1. The lowest BCUT2D eigenvalue weighted by Crippen LogP contribution is -2.27. The average molecular weight is 276 g/mol. The predicted octanol–water partition coefficient (Wildman–Crippen LogP) is 0.988. The van der Waals surface area contributed by atoms with Crippen LogP contribution in [0.25, 0.3) is 0 Å². The lowest BCUT2D eigenvalue weighted by molar-refractivity contribution is 0.0913. The van der Waals surface area contributed by atoms with Gasteiger partial charge in [-0.05, 0) is 18.6 Å². The van der Waals surface area contributed by atoms with E-state index in [-0.39, 0.29) is 17.4 Å². The maximum atomic E-state index is 11.7. The van der Waals surface area contributed by atoms with E-state index in [2.05, 4.69) is 15.3 Å². The van der Waals surface area contributed by atoms with Crippen LogP contribution in [0.4, 0.5) is 5.82 Å². The fraction of sp³-hybridized carbons (Fsp3) is 0.308. The number of nitrogens with two attached hydrogens (primary N) is 1. The molecule has 0 atom stereocenters. The molecule has 0 aliphatic rings. The normalized spacial score (nSPS) is 10.4. The molecule has 0 spiro atoms. The molecular formula is C13H16N4O3. The first-order valence-electron chi connectivity index (χ1n) is 6.22. The van der Waals surface area contributed by atoms with Crippen molar-refractivity contribution in [2.45, 2.75) is 13.0 Å². The van der Waals surface area contributed by atoms with Gasteiger partial charge >= 0.3 is 0 Å². The molecule has 0 saturated carbocycles. The Bertz CT molecular complexity index is 542. The zero-order chi connectivity index (χ0) is 14.2. The number of nitrogens with one attached hydrogen (secondary N) is 1. The van der Waals surface area contributed by atoms with E-state index in [0.717, 1.165) is 5.76 Å².